The van der Waals surface area contributed by atoms with Crippen molar-refractivity contribution in [1.82, 2.24) is 16.5 Å². The van der Waals surface area contributed by atoms with Gasteiger partial charge in [-0.2, -0.15) is 0 Å². The van der Waals surface area contributed by atoms with Gasteiger partial charge < -0.3 is 4.84 Å². The fourth-order valence-electron chi connectivity index (χ4n) is 0.547. The lowest BCUT2D eigenvalue weighted by Gasteiger charge is -2.19. The summed E-state index contributed by atoms with van der Waals surface area (Å²) in [5.74, 6) is -0.430. The van der Waals surface area contributed by atoms with Gasteiger partial charge in [-0.25, -0.2) is 4.79 Å². The molecule has 100 valence electrons. The van der Waals surface area contributed by atoms with Gasteiger partial charge in [-0.1, -0.05) is 26.4 Å². The summed E-state index contributed by atoms with van der Waals surface area (Å²) in [6, 6.07) is 0. The Hall–Kier alpha value is -1.18. The molecule has 3 N–H and O–H groups in total. The summed E-state index contributed by atoms with van der Waals surface area (Å²) in [5, 5.41) is 2.06. The van der Waals surface area contributed by atoms with Crippen LogP contribution in [-0.4, -0.2) is 17.6 Å². The van der Waals surface area contributed by atoms with Crippen molar-refractivity contribution in [3.05, 3.63) is 0 Å². The fourth-order valence-corrected chi connectivity index (χ4v) is 0.547. The van der Waals surface area contributed by atoms with Crippen LogP contribution in [0.2, 0.25) is 0 Å². The van der Waals surface area contributed by atoms with E-state index in [9.17, 15) is 9.59 Å². The van der Waals surface area contributed by atoms with Crippen LogP contribution in [0.4, 0.5) is 4.79 Å². The molecule has 0 heterocycles. The van der Waals surface area contributed by atoms with Crippen LogP contribution in [0.5, 0.6) is 0 Å². The normalized spacial score (nSPS) is 12.1. The molecule has 0 aromatic carbocycles. The molecule has 0 aromatic rings. The third kappa shape index (κ3) is 8.61. The quantitative estimate of drug-likeness (QED) is 0.510. The van der Waals surface area contributed by atoms with E-state index in [-0.39, 0.29) is 0 Å². The molecule has 7 nitrogen and oxygen atoms in total. The smallest absolute Gasteiger partial charge is 0.336 e. The Balaban J connectivity index is 3.79. The molecule has 0 aliphatic carbocycles. The summed E-state index contributed by atoms with van der Waals surface area (Å²) < 4.78 is 0. The van der Waals surface area contributed by atoms with E-state index in [1.807, 2.05) is 20.8 Å². The van der Waals surface area contributed by atoms with Crippen molar-refractivity contribution in [3.8, 4) is 0 Å². The molecule has 0 rings (SSSR count). The lowest BCUT2D eigenvalue weighted by atomic mass is 9.96. The first-order valence-corrected chi connectivity index (χ1v) is 5.22. The van der Waals surface area contributed by atoms with Gasteiger partial charge in [0.2, 0.25) is 5.91 Å². The SMILES string of the molecule is CC(C)(C)ONNOC(=O)NC(=O)C(C)(C)C. The van der Waals surface area contributed by atoms with Crippen molar-refractivity contribution in [2.75, 3.05) is 0 Å². The third-order valence-corrected chi connectivity index (χ3v) is 1.44. The monoisotopic (exact) mass is 247 g/mol. The van der Waals surface area contributed by atoms with Crippen LogP contribution in [0, 0.1) is 5.41 Å². The maximum atomic E-state index is 11.4. The topological polar surface area (TPSA) is 88.7 Å². The molecule has 0 saturated heterocycles. The van der Waals surface area contributed by atoms with E-state index in [0.717, 1.165) is 0 Å². The van der Waals surface area contributed by atoms with Crippen LogP contribution < -0.4 is 16.5 Å². The van der Waals surface area contributed by atoms with Gasteiger partial charge in [0.15, 0.2) is 0 Å². The molecular formula is C10H21N3O4. The van der Waals surface area contributed by atoms with Gasteiger partial charge in [-0.15, -0.1) is 5.59 Å². The molecule has 0 aliphatic heterocycles. The second kappa shape index (κ2) is 5.95. The van der Waals surface area contributed by atoms with E-state index < -0.39 is 23.0 Å². The molecule has 0 unspecified atom stereocenters. The van der Waals surface area contributed by atoms with Crippen molar-refractivity contribution in [2.45, 2.75) is 47.1 Å². The fraction of sp³-hybridized carbons (Fsp3) is 0.800. The highest BCUT2D eigenvalue weighted by Gasteiger charge is 2.23. The van der Waals surface area contributed by atoms with E-state index in [1.54, 1.807) is 20.8 Å². The van der Waals surface area contributed by atoms with Gasteiger partial charge in [0, 0.05) is 5.41 Å². The van der Waals surface area contributed by atoms with E-state index >= 15 is 0 Å². The molecule has 0 fully saturated rings. The Morgan fingerprint density at radius 1 is 0.941 bits per heavy atom. The number of rotatable bonds is 3. The first-order chi connectivity index (χ1) is 7.52. The lowest BCUT2D eigenvalue weighted by molar-refractivity contribution is -0.145. The van der Waals surface area contributed by atoms with Gasteiger partial charge in [-0.3, -0.25) is 14.9 Å². The molecule has 0 radical (unpaired) electrons. The van der Waals surface area contributed by atoms with Gasteiger partial charge in [0.1, 0.15) is 0 Å². The molecule has 7 heteroatoms. The molecule has 0 aromatic heterocycles. The van der Waals surface area contributed by atoms with Gasteiger partial charge >= 0.3 is 6.09 Å². The van der Waals surface area contributed by atoms with Crippen LogP contribution in [0.15, 0.2) is 0 Å². The summed E-state index contributed by atoms with van der Waals surface area (Å²) in [7, 11) is 0. The van der Waals surface area contributed by atoms with E-state index in [2.05, 4.69) is 21.3 Å². The largest absolute Gasteiger partial charge is 0.434 e. The molecule has 0 bridgehead atoms. The first-order valence-electron chi connectivity index (χ1n) is 5.22. The number of amides is 2. The zero-order valence-corrected chi connectivity index (χ0v) is 11.1. The Kier molecular flexibility index (Phi) is 5.53. The van der Waals surface area contributed by atoms with Crippen molar-refractivity contribution >= 4 is 12.0 Å². The molecule has 2 amide bonds. The second-order valence-corrected chi connectivity index (χ2v) is 5.51. The molecule has 0 spiro atoms. The maximum Gasteiger partial charge on any atom is 0.434 e. The number of carbonyl (C=O) groups is 2. The summed E-state index contributed by atoms with van der Waals surface area (Å²) >= 11 is 0. The average molecular weight is 247 g/mol. The Morgan fingerprint density at radius 3 is 1.88 bits per heavy atom. The number of nitrogens with one attached hydrogen (secondary N) is 3. The first kappa shape index (κ1) is 15.8. The summed E-state index contributed by atoms with van der Waals surface area (Å²) in [5.41, 5.74) is 3.19. The molecular weight excluding hydrogens is 226 g/mol. The van der Waals surface area contributed by atoms with E-state index in [4.69, 9.17) is 4.84 Å². The Bertz CT molecular complexity index is 278. The highest BCUT2D eigenvalue weighted by Crippen LogP contribution is 2.12. The minimum absolute atomic E-state index is 0.430. The standard InChI is InChI=1S/C10H21N3O4/c1-9(2,3)7(14)11-8(15)16-12-13-17-10(4,5)6/h12-13H,1-6H3,(H,11,14,15). The van der Waals surface area contributed by atoms with Crippen molar-refractivity contribution in [2.24, 2.45) is 5.41 Å². The molecule has 0 saturated carbocycles. The second-order valence-electron chi connectivity index (χ2n) is 5.51. The maximum absolute atomic E-state index is 11.4. The lowest BCUT2D eigenvalue weighted by Crippen LogP contribution is -2.45. The van der Waals surface area contributed by atoms with Crippen LogP contribution in [0.3, 0.4) is 0 Å². The van der Waals surface area contributed by atoms with Crippen LogP contribution in [0.1, 0.15) is 41.5 Å². The molecule has 0 aliphatic rings. The molecule has 0 atom stereocenters. The Labute approximate surface area is 101 Å². The number of carbonyl (C=O) groups excluding carboxylic acids is 2. The minimum atomic E-state index is -0.907. The van der Waals surface area contributed by atoms with Gasteiger partial charge in [0.25, 0.3) is 0 Å². The Morgan fingerprint density at radius 2 is 1.47 bits per heavy atom. The van der Waals surface area contributed by atoms with Crippen molar-refractivity contribution in [1.29, 1.82) is 0 Å². The number of hydrogen-bond acceptors (Lipinski definition) is 6. The zero-order chi connectivity index (χ0) is 13.7. The van der Waals surface area contributed by atoms with E-state index in [0.29, 0.717) is 0 Å². The number of hydrogen-bond donors (Lipinski definition) is 3. The minimum Gasteiger partial charge on any atom is -0.336 e. The zero-order valence-electron chi connectivity index (χ0n) is 11.1. The number of imide groups is 1. The van der Waals surface area contributed by atoms with Crippen LogP contribution in [-0.2, 0) is 14.5 Å². The summed E-state index contributed by atoms with van der Waals surface area (Å²) in [6.07, 6.45) is -0.907. The predicted octanol–water partition coefficient (Wildman–Crippen LogP) is 1.02. The van der Waals surface area contributed by atoms with Crippen LogP contribution >= 0.6 is 0 Å². The average Bonchev–Trinajstić information content (AvgIpc) is 2.09. The van der Waals surface area contributed by atoms with Gasteiger partial charge in [-0.05, 0) is 20.8 Å². The highest BCUT2D eigenvalue weighted by molar-refractivity contribution is 5.94. The summed E-state index contributed by atoms with van der Waals surface area (Å²) in [4.78, 5) is 31.9. The predicted molar refractivity (Wildman–Crippen MR) is 61.2 cm³/mol. The van der Waals surface area contributed by atoms with Crippen LogP contribution in [0.25, 0.3) is 0 Å². The van der Waals surface area contributed by atoms with E-state index in [1.165, 1.54) is 0 Å². The molecule has 17 heavy (non-hydrogen) atoms. The van der Waals surface area contributed by atoms with Crippen molar-refractivity contribution < 1.29 is 19.3 Å². The van der Waals surface area contributed by atoms with Gasteiger partial charge in [0.05, 0.1) is 5.60 Å². The highest BCUT2D eigenvalue weighted by atomic mass is 16.8. The van der Waals surface area contributed by atoms with Crippen molar-refractivity contribution in [3.63, 3.8) is 0 Å². The number of hydrazine groups is 1. The summed E-state index contributed by atoms with van der Waals surface area (Å²) in [6.45, 7) is 10.5. The third-order valence-electron chi connectivity index (χ3n) is 1.44.